The van der Waals surface area contributed by atoms with E-state index < -0.39 is 16.6 Å². The second-order valence-electron chi connectivity index (χ2n) is 4.21. The van der Waals surface area contributed by atoms with Crippen molar-refractivity contribution < 1.29 is 13.6 Å². The Morgan fingerprint density at radius 3 is 2.29 bits per heavy atom. The SMILES string of the molecule is CNC(C)(Cc1ccc(S(=O)O)cc1)C(C)=O. The van der Waals surface area contributed by atoms with Crippen molar-refractivity contribution in [1.29, 1.82) is 0 Å². The highest BCUT2D eigenvalue weighted by atomic mass is 32.2. The van der Waals surface area contributed by atoms with Crippen LogP contribution in [-0.2, 0) is 22.3 Å². The molecule has 4 nitrogen and oxygen atoms in total. The van der Waals surface area contributed by atoms with Crippen molar-refractivity contribution in [1.82, 2.24) is 5.32 Å². The first kappa shape index (κ1) is 14.0. The molecule has 1 aromatic carbocycles. The van der Waals surface area contributed by atoms with Crippen molar-refractivity contribution in [2.24, 2.45) is 0 Å². The fraction of sp³-hybridized carbons (Fsp3) is 0.417. The third kappa shape index (κ3) is 3.46. The highest BCUT2D eigenvalue weighted by Crippen LogP contribution is 2.15. The fourth-order valence-electron chi connectivity index (χ4n) is 1.52. The molecule has 0 aliphatic heterocycles. The number of hydrogen-bond donors (Lipinski definition) is 2. The quantitative estimate of drug-likeness (QED) is 0.780. The van der Waals surface area contributed by atoms with Crippen LogP contribution in [-0.4, -0.2) is 27.1 Å². The number of Topliss-reactive ketones (excluding diaryl/α,β-unsaturated/α-hetero) is 1. The van der Waals surface area contributed by atoms with E-state index in [9.17, 15) is 9.00 Å². The number of likely N-dealkylation sites (N-methyl/N-ethyl adjacent to an activating group) is 1. The van der Waals surface area contributed by atoms with E-state index in [1.54, 1.807) is 38.2 Å². The van der Waals surface area contributed by atoms with Gasteiger partial charge in [0.15, 0.2) is 11.1 Å². The number of rotatable bonds is 5. The third-order valence-electron chi connectivity index (χ3n) is 3.01. The summed E-state index contributed by atoms with van der Waals surface area (Å²) in [7, 11) is 1.75. The van der Waals surface area contributed by atoms with Crippen LogP contribution in [0.1, 0.15) is 19.4 Å². The van der Waals surface area contributed by atoms with Crippen molar-refractivity contribution in [2.75, 3.05) is 7.05 Å². The minimum atomic E-state index is -1.95. The molecule has 2 unspecified atom stereocenters. The summed E-state index contributed by atoms with van der Waals surface area (Å²) in [5, 5.41) is 3.00. The Morgan fingerprint density at radius 1 is 1.41 bits per heavy atom. The van der Waals surface area contributed by atoms with Crippen molar-refractivity contribution in [2.45, 2.75) is 30.7 Å². The maximum absolute atomic E-state index is 11.5. The van der Waals surface area contributed by atoms with Gasteiger partial charge in [0, 0.05) is 0 Å². The molecular weight excluding hydrogens is 238 g/mol. The van der Waals surface area contributed by atoms with Crippen molar-refractivity contribution in [3.63, 3.8) is 0 Å². The molecule has 1 rings (SSSR count). The molecule has 0 bridgehead atoms. The van der Waals surface area contributed by atoms with E-state index in [0.29, 0.717) is 11.3 Å². The molecule has 0 amide bonds. The van der Waals surface area contributed by atoms with Crippen LogP contribution in [0.25, 0.3) is 0 Å². The summed E-state index contributed by atoms with van der Waals surface area (Å²) in [5.74, 6) is 0.0646. The highest BCUT2D eigenvalue weighted by Gasteiger charge is 2.27. The first-order chi connectivity index (χ1) is 7.89. The second kappa shape index (κ2) is 5.53. The van der Waals surface area contributed by atoms with E-state index in [-0.39, 0.29) is 5.78 Å². The lowest BCUT2D eigenvalue weighted by molar-refractivity contribution is -0.122. The van der Waals surface area contributed by atoms with Gasteiger partial charge >= 0.3 is 0 Å². The van der Waals surface area contributed by atoms with Gasteiger partial charge < -0.3 is 9.87 Å². The number of hydrogen-bond acceptors (Lipinski definition) is 3. The Hall–Kier alpha value is -1.04. The van der Waals surface area contributed by atoms with E-state index in [2.05, 4.69) is 5.32 Å². The smallest absolute Gasteiger partial charge is 0.186 e. The molecule has 2 atom stereocenters. The summed E-state index contributed by atoms with van der Waals surface area (Å²) < 4.78 is 19.7. The molecule has 94 valence electrons. The predicted molar refractivity (Wildman–Crippen MR) is 67.3 cm³/mol. The number of carbonyl (C=O) groups excluding carboxylic acids is 1. The predicted octanol–water partition coefficient (Wildman–Crippen LogP) is 1.38. The molecule has 2 N–H and O–H groups in total. The molecule has 0 radical (unpaired) electrons. The Balaban J connectivity index is 2.88. The fourth-order valence-corrected chi connectivity index (χ4v) is 1.89. The zero-order chi connectivity index (χ0) is 13.1. The summed E-state index contributed by atoms with van der Waals surface area (Å²) in [6.45, 7) is 3.39. The summed E-state index contributed by atoms with van der Waals surface area (Å²) in [6.07, 6.45) is 0.553. The van der Waals surface area contributed by atoms with E-state index in [1.807, 2.05) is 6.92 Å². The molecule has 0 fully saturated rings. The normalized spacial score (nSPS) is 16.2. The summed E-state index contributed by atoms with van der Waals surface area (Å²) in [6, 6.07) is 6.73. The number of nitrogens with one attached hydrogen (secondary N) is 1. The van der Waals surface area contributed by atoms with Gasteiger partial charge in [0.2, 0.25) is 0 Å². The van der Waals surface area contributed by atoms with E-state index in [4.69, 9.17) is 4.55 Å². The van der Waals surface area contributed by atoms with Gasteiger partial charge in [-0.2, -0.15) is 0 Å². The molecule has 17 heavy (non-hydrogen) atoms. The average Bonchev–Trinajstić information content (AvgIpc) is 2.29. The van der Waals surface area contributed by atoms with Crippen molar-refractivity contribution in [3.8, 4) is 0 Å². The minimum Gasteiger partial charge on any atom is -0.308 e. The van der Waals surface area contributed by atoms with Gasteiger partial charge in [-0.1, -0.05) is 12.1 Å². The van der Waals surface area contributed by atoms with Crippen LogP contribution in [0.2, 0.25) is 0 Å². The molecule has 0 aliphatic rings. The molecule has 0 saturated carbocycles. The monoisotopic (exact) mass is 255 g/mol. The van der Waals surface area contributed by atoms with Crippen LogP contribution in [0, 0.1) is 0 Å². The third-order valence-corrected chi connectivity index (χ3v) is 3.69. The van der Waals surface area contributed by atoms with Crippen LogP contribution in [0.4, 0.5) is 0 Å². The van der Waals surface area contributed by atoms with Crippen LogP contribution < -0.4 is 5.32 Å². The lowest BCUT2D eigenvalue weighted by atomic mass is 9.89. The van der Waals surface area contributed by atoms with Crippen LogP contribution in [0.3, 0.4) is 0 Å². The Kier molecular flexibility index (Phi) is 4.56. The largest absolute Gasteiger partial charge is 0.308 e. The molecule has 0 aromatic heterocycles. The lowest BCUT2D eigenvalue weighted by Crippen LogP contribution is -2.48. The first-order valence-corrected chi connectivity index (χ1v) is 6.39. The minimum absolute atomic E-state index is 0.0646. The van der Waals surface area contributed by atoms with E-state index >= 15 is 0 Å². The van der Waals surface area contributed by atoms with Crippen molar-refractivity contribution >= 4 is 16.9 Å². The van der Waals surface area contributed by atoms with Crippen LogP contribution >= 0.6 is 0 Å². The van der Waals surface area contributed by atoms with Gasteiger partial charge in [-0.05, 0) is 45.0 Å². The van der Waals surface area contributed by atoms with E-state index in [1.165, 1.54) is 0 Å². The van der Waals surface area contributed by atoms with Crippen molar-refractivity contribution in [3.05, 3.63) is 29.8 Å². The van der Waals surface area contributed by atoms with Crippen LogP contribution in [0.5, 0.6) is 0 Å². The van der Waals surface area contributed by atoms with Gasteiger partial charge in [0.25, 0.3) is 0 Å². The Bertz CT molecular complexity index is 430. The molecule has 0 saturated heterocycles. The standard InChI is InChI=1S/C12H17NO3S/c1-9(14)12(2,13-3)8-10-4-6-11(7-5-10)17(15)16/h4-7,13H,8H2,1-3H3,(H,15,16). The van der Waals surface area contributed by atoms with Crippen LogP contribution in [0.15, 0.2) is 29.2 Å². The van der Waals surface area contributed by atoms with Gasteiger partial charge in [0.05, 0.1) is 10.4 Å². The number of benzene rings is 1. The maximum Gasteiger partial charge on any atom is 0.186 e. The maximum atomic E-state index is 11.5. The summed E-state index contributed by atoms with van der Waals surface area (Å²) in [5.41, 5.74) is 0.353. The first-order valence-electron chi connectivity index (χ1n) is 5.29. The zero-order valence-corrected chi connectivity index (χ0v) is 11.0. The lowest BCUT2D eigenvalue weighted by Gasteiger charge is -2.26. The zero-order valence-electron chi connectivity index (χ0n) is 10.2. The molecule has 0 aliphatic carbocycles. The van der Waals surface area contributed by atoms with Gasteiger partial charge in [0.1, 0.15) is 5.78 Å². The van der Waals surface area contributed by atoms with E-state index in [0.717, 1.165) is 5.56 Å². The number of carbonyl (C=O) groups is 1. The molecule has 1 aromatic rings. The molecule has 0 heterocycles. The molecule has 0 spiro atoms. The average molecular weight is 255 g/mol. The number of ketones is 1. The van der Waals surface area contributed by atoms with Gasteiger partial charge in [-0.25, -0.2) is 4.21 Å². The highest BCUT2D eigenvalue weighted by molar-refractivity contribution is 7.79. The second-order valence-corrected chi connectivity index (χ2v) is 5.18. The molecule has 5 heteroatoms. The van der Waals surface area contributed by atoms with Gasteiger partial charge in [-0.15, -0.1) is 0 Å². The summed E-state index contributed by atoms with van der Waals surface area (Å²) in [4.78, 5) is 11.9. The Morgan fingerprint density at radius 2 is 1.94 bits per heavy atom. The molecular formula is C12H17NO3S. The summed E-state index contributed by atoms with van der Waals surface area (Å²) >= 11 is -1.95. The Labute approximate surface area is 104 Å². The van der Waals surface area contributed by atoms with Gasteiger partial charge in [-0.3, -0.25) is 4.79 Å². The topological polar surface area (TPSA) is 66.4 Å².